The van der Waals surface area contributed by atoms with Gasteiger partial charge in [-0.1, -0.05) is 32.0 Å². The van der Waals surface area contributed by atoms with E-state index in [1.165, 1.54) is 6.42 Å². The van der Waals surface area contributed by atoms with E-state index in [1.54, 1.807) is 0 Å². The van der Waals surface area contributed by atoms with E-state index in [-0.39, 0.29) is 11.8 Å². The molecule has 0 aliphatic carbocycles. The normalized spacial score (nSPS) is 18.7. The average molecular weight is 299 g/mol. The van der Waals surface area contributed by atoms with Crippen LogP contribution in [0.4, 0.5) is 0 Å². The van der Waals surface area contributed by atoms with E-state index in [0.717, 1.165) is 25.1 Å². The number of carbonyl (C=O) groups is 1. The molecule has 0 N–H and O–H groups in total. The molecule has 2 aromatic rings. The SMILES string of the molecule is CC(C)C1CCCN(C(=O)c2nnc(-c3ccccc3)o2)C1. The van der Waals surface area contributed by atoms with Crippen LogP contribution in [0, 0.1) is 11.8 Å². The van der Waals surface area contributed by atoms with Gasteiger partial charge in [-0.3, -0.25) is 4.79 Å². The molecular formula is C17H21N3O2. The Morgan fingerprint density at radius 1 is 1.27 bits per heavy atom. The molecule has 22 heavy (non-hydrogen) atoms. The Kier molecular flexibility index (Phi) is 4.22. The summed E-state index contributed by atoms with van der Waals surface area (Å²) in [7, 11) is 0. The highest BCUT2D eigenvalue weighted by Gasteiger charge is 2.29. The molecule has 1 amide bonds. The minimum atomic E-state index is -0.153. The van der Waals surface area contributed by atoms with Crippen LogP contribution in [-0.2, 0) is 0 Å². The Morgan fingerprint density at radius 2 is 2.05 bits per heavy atom. The fraction of sp³-hybridized carbons (Fsp3) is 0.471. The Hall–Kier alpha value is -2.17. The van der Waals surface area contributed by atoms with Crippen molar-refractivity contribution in [1.29, 1.82) is 0 Å². The van der Waals surface area contributed by atoms with Crippen molar-refractivity contribution in [2.24, 2.45) is 11.8 Å². The fourth-order valence-electron chi connectivity index (χ4n) is 2.88. The van der Waals surface area contributed by atoms with E-state index >= 15 is 0 Å². The number of hydrogen-bond acceptors (Lipinski definition) is 4. The lowest BCUT2D eigenvalue weighted by Crippen LogP contribution is -2.41. The molecule has 5 nitrogen and oxygen atoms in total. The third-order valence-corrected chi connectivity index (χ3v) is 4.32. The van der Waals surface area contributed by atoms with Crippen LogP contribution < -0.4 is 0 Å². The highest BCUT2D eigenvalue weighted by Crippen LogP contribution is 2.25. The topological polar surface area (TPSA) is 59.2 Å². The van der Waals surface area contributed by atoms with Crippen molar-refractivity contribution in [3.8, 4) is 11.5 Å². The molecule has 1 aliphatic heterocycles. The number of aromatic nitrogens is 2. The molecule has 3 rings (SSSR count). The molecule has 116 valence electrons. The van der Waals surface area contributed by atoms with Gasteiger partial charge in [0.1, 0.15) is 0 Å². The third-order valence-electron chi connectivity index (χ3n) is 4.32. The first kappa shape index (κ1) is 14.8. The molecule has 1 aliphatic rings. The number of rotatable bonds is 3. The van der Waals surface area contributed by atoms with Crippen molar-refractivity contribution in [1.82, 2.24) is 15.1 Å². The molecule has 0 bridgehead atoms. The van der Waals surface area contributed by atoms with Gasteiger partial charge in [0.2, 0.25) is 5.89 Å². The average Bonchev–Trinajstić information content (AvgIpc) is 3.05. The first-order chi connectivity index (χ1) is 10.6. The number of amides is 1. The van der Waals surface area contributed by atoms with E-state index in [4.69, 9.17) is 4.42 Å². The predicted octanol–water partition coefficient (Wildman–Crippen LogP) is 3.24. The maximum absolute atomic E-state index is 12.5. The Balaban J connectivity index is 1.74. The van der Waals surface area contributed by atoms with Gasteiger partial charge in [-0.05, 0) is 36.8 Å². The summed E-state index contributed by atoms with van der Waals surface area (Å²) in [6, 6.07) is 9.50. The van der Waals surface area contributed by atoms with E-state index in [0.29, 0.717) is 17.7 Å². The first-order valence-corrected chi connectivity index (χ1v) is 7.83. The summed E-state index contributed by atoms with van der Waals surface area (Å²) < 4.78 is 5.57. The van der Waals surface area contributed by atoms with Crippen molar-refractivity contribution in [3.05, 3.63) is 36.2 Å². The number of nitrogens with zero attached hydrogens (tertiary/aromatic N) is 3. The molecular weight excluding hydrogens is 278 g/mol. The summed E-state index contributed by atoms with van der Waals surface area (Å²) in [5.74, 6) is 1.46. The van der Waals surface area contributed by atoms with Crippen LogP contribution in [-0.4, -0.2) is 34.1 Å². The third kappa shape index (κ3) is 3.03. The van der Waals surface area contributed by atoms with Crippen LogP contribution in [0.2, 0.25) is 0 Å². The number of carbonyl (C=O) groups excluding carboxylic acids is 1. The summed E-state index contributed by atoms with van der Waals surface area (Å²) in [5.41, 5.74) is 0.827. The van der Waals surface area contributed by atoms with Crippen molar-refractivity contribution in [3.63, 3.8) is 0 Å². The number of likely N-dealkylation sites (tertiary alicyclic amines) is 1. The monoisotopic (exact) mass is 299 g/mol. The molecule has 2 heterocycles. The molecule has 1 fully saturated rings. The van der Waals surface area contributed by atoms with Crippen molar-refractivity contribution in [2.75, 3.05) is 13.1 Å². The van der Waals surface area contributed by atoms with Gasteiger partial charge in [-0.25, -0.2) is 0 Å². The molecule has 1 aromatic carbocycles. The molecule has 0 radical (unpaired) electrons. The lowest BCUT2D eigenvalue weighted by Gasteiger charge is -2.33. The van der Waals surface area contributed by atoms with E-state index < -0.39 is 0 Å². The molecule has 1 atom stereocenters. The van der Waals surface area contributed by atoms with Gasteiger partial charge in [0, 0.05) is 18.7 Å². The Morgan fingerprint density at radius 3 is 2.77 bits per heavy atom. The lowest BCUT2D eigenvalue weighted by atomic mass is 9.88. The summed E-state index contributed by atoms with van der Waals surface area (Å²) in [5, 5.41) is 7.92. The smallest absolute Gasteiger partial charge is 0.311 e. The standard InChI is InChI=1S/C17H21N3O2/c1-12(2)14-9-6-10-20(11-14)17(21)16-19-18-15(22-16)13-7-4-3-5-8-13/h3-5,7-8,12,14H,6,9-11H2,1-2H3. The van der Waals surface area contributed by atoms with E-state index in [2.05, 4.69) is 24.0 Å². The molecule has 1 aromatic heterocycles. The Bertz CT molecular complexity index is 636. The van der Waals surface area contributed by atoms with Gasteiger partial charge >= 0.3 is 11.8 Å². The summed E-state index contributed by atoms with van der Waals surface area (Å²) >= 11 is 0. The minimum absolute atomic E-state index is 0.0864. The van der Waals surface area contributed by atoms with Gasteiger partial charge in [0.25, 0.3) is 0 Å². The van der Waals surface area contributed by atoms with Crippen LogP contribution in [0.15, 0.2) is 34.7 Å². The second kappa shape index (κ2) is 6.30. The first-order valence-electron chi connectivity index (χ1n) is 7.83. The van der Waals surface area contributed by atoms with Gasteiger partial charge in [0.15, 0.2) is 0 Å². The van der Waals surface area contributed by atoms with Crippen molar-refractivity contribution >= 4 is 5.91 Å². The maximum Gasteiger partial charge on any atom is 0.311 e. The summed E-state index contributed by atoms with van der Waals surface area (Å²) in [4.78, 5) is 14.4. The van der Waals surface area contributed by atoms with Crippen LogP contribution in [0.3, 0.4) is 0 Å². The van der Waals surface area contributed by atoms with Gasteiger partial charge in [-0.2, -0.15) is 0 Å². The maximum atomic E-state index is 12.5. The highest BCUT2D eigenvalue weighted by atomic mass is 16.4. The molecule has 1 saturated heterocycles. The number of piperidine rings is 1. The van der Waals surface area contributed by atoms with Crippen LogP contribution in [0.25, 0.3) is 11.5 Å². The zero-order valence-corrected chi connectivity index (χ0v) is 13.0. The lowest BCUT2D eigenvalue weighted by molar-refractivity contribution is 0.0602. The quantitative estimate of drug-likeness (QED) is 0.873. The van der Waals surface area contributed by atoms with Crippen molar-refractivity contribution < 1.29 is 9.21 Å². The number of benzene rings is 1. The molecule has 5 heteroatoms. The molecule has 0 saturated carbocycles. The second-order valence-electron chi connectivity index (χ2n) is 6.18. The van der Waals surface area contributed by atoms with Gasteiger partial charge in [-0.15, -0.1) is 10.2 Å². The van der Waals surface area contributed by atoms with Crippen molar-refractivity contribution in [2.45, 2.75) is 26.7 Å². The minimum Gasteiger partial charge on any atom is -0.412 e. The van der Waals surface area contributed by atoms with Crippen LogP contribution >= 0.6 is 0 Å². The summed E-state index contributed by atoms with van der Waals surface area (Å²) in [6.45, 7) is 5.96. The Labute approximate surface area is 130 Å². The molecule has 1 unspecified atom stereocenters. The summed E-state index contributed by atoms with van der Waals surface area (Å²) in [6.07, 6.45) is 2.22. The molecule has 0 spiro atoms. The van der Waals surface area contributed by atoms with E-state index in [1.807, 2.05) is 35.2 Å². The highest BCUT2D eigenvalue weighted by molar-refractivity contribution is 5.89. The van der Waals surface area contributed by atoms with E-state index in [9.17, 15) is 4.79 Å². The van der Waals surface area contributed by atoms with Crippen LogP contribution in [0.5, 0.6) is 0 Å². The van der Waals surface area contributed by atoms with Gasteiger partial charge < -0.3 is 9.32 Å². The zero-order chi connectivity index (χ0) is 15.5. The fourth-order valence-corrected chi connectivity index (χ4v) is 2.88. The van der Waals surface area contributed by atoms with Crippen LogP contribution in [0.1, 0.15) is 37.4 Å². The second-order valence-corrected chi connectivity index (χ2v) is 6.18. The number of hydrogen-bond donors (Lipinski definition) is 0. The van der Waals surface area contributed by atoms with Gasteiger partial charge in [0.05, 0.1) is 0 Å². The zero-order valence-electron chi connectivity index (χ0n) is 13.0. The predicted molar refractivity (Wildman–Crippen MR) is 83.2 cm³/mol. The largest absolute Gasteiger partial charge is 0.412 e.